The molecule has 0 radical (unpaired) electrons. The van der Waals surface area contributed by atoms with Crippen molar-refractivity contribution in [3.05, 3.63) is 53.1 Å². The van der Waals surface area contributed by atoms with Crippen LogP contribution in [-0.4, -0.2) is 16.1 Å². The zero-order chi connectivity index (χ0) is 13.1. The van der Waals surface area contributed by atoms with Crippen LogP contribution in [0.3, 0.4) is 0 Å². The first-order chi connectivity index (χ1) is 8.56. The fourth-order valence-electron chi connectivity index (χ4n) is 1.59. The van der Waals surface area contributed by atoms with Gasteiger partial charge in [0.1, 0.15) is 11.0 Å². The molecule has 0 unspecified atom stereocenters. The van der Waals surface area contributed by atoms with E-state index in [-0.39, 0.29) is 17.4 Å². The number of carboxylic acids is 1. The predicted octanol–water partition coefficient (Wildman–Crippen LogP) is 3.17. The Balaban J connectivity index is 2.42. The van der Waals surface area contributed by atoms with Crippen molar-refractivity contribution in [1.82, 2.24) is 4.98 Å². The topological polar surface area (TPSA) is 50.2 Å². The predicted molar refractivity (Wildman–Crippen MR) is 66.0 cm³/mol. The third kappa shape index (κ3) is 2.84. The molecular formula is C13H9ClFNO2. The van der Waals surface area contributed by atoms with E-state index in [1.165, 1.54) is 18.3 Å². The summed E-state index contributed by atoms with van der Waals surface area (Å²) >= 11 is 5.95. The number of hydrogen-bond donors (Lipinski definition) is 1. The second-order valence-corrected chi connectivity index (χ2v) is 4.12. The molecular weight excluding hydrogens is 257 g/mol. The molecule has 2 rings (SSSR count). The van der Waals surface area contributed by atoms with Crippen molar-refractivity contribution in [3.8, 4) is 11.1 Å². The maximum Gasteiger partial charge on any atom is 0.307 e. The molecule has 0 saturated carbocycles. The smallest absolute Gasteiger partial charge is 0.307 e. The van der Waals surface area contributed by atoms with E-state index in [0.29, 0.717) is 16.7 Å². The fraction of sp³-hybridized carbons (Fsp3) is 0.0769. The van der Waals surface area contributed by atoms with Crippen molar-refractivity contribution in [2.75, 3.05) is 0 Å². The summed E-state index contributed by atoms with van der Waals surface area (Å²) in [5.74, 6) is -1.28. The molecule has 0 fully saturated rings. The number of carbonyl (C=O) groups is 1. The van der Waals surface area contributed by atoms with Gasteiger partial charge in [-0.15, -0.1) is 0 Å². The largest absolute Gasteiger partial charge is 0.481 e. The molecule has 5 heteroatoms. The van der Waals surface area contributed by atoms with E-state index >= 15 is 0 Å². The highest BCUT2D eigenvalue weighted by Crippen LogP contribution is 2.27. The molecule has 0 aliphatic heterocycles. The summed E-state index contributed by atoms with van der Waals surface area (Å²) in [6.45, 7) is 0. The molecule has 0 saturated heterocycles. The van der Waals surface area contributed by atoms with Gasteiger partial charge in [-0.1, -0.05) is 23.7 Å². The Morgan fingerprint density at radius 3 is 2.61 bits per heavy atom. The highest BCUT2D eigenvalue weighted by molar-refractivity contribution is 6.32. The zero-order valence-electron chi connectivity index (χ0n) is 9.23. The molecule has 92 valence electrons. The van der Waals surface area contributed by atoms with Gasteiger partial charge < -0.3 is 5.11 Å². The average Bonchev–Trinajstić information content (AvgIpc) is 2.32. The third-order valence-corrected chi connectivity index (χ3v) is 2.71. The minimum Gasteiger partial charge on any atom is -0.481 e. The van der Waals surface area contributed by atoms with E-state index in [1.54, 1.807) is 18.2 Å². The van der Waals surface area contributed by atoms with Gasteiger partial charge in [0.15, 0.2) is 0 Å². The minimum absolute atomic E-state index is 0.127. The minimum atomic E-state index is -0.941. The van der Waals surface area contributed by atoms with Crippen LogP contribution in [0.15, 0.2) is 36.5 Å². The SMILES string of the molecule is O=C(O)Cc1cnc(Cl)c(-c2ccc(F)cc2)c1. The van der Waals surface area contributed by atoms with Crippen LogP contribution in [-0.2, 0) is 11.2 Å². The van der Waals surface area contributed by atoms with Crippen molar-refractivity contribution < 1.29 is 14.3 Å². The maximum atomic E-state index is 12.8. The molecule has 0 aliphatic carbocycles. The molecule has 0 aliphatic rings. The first kappa shape index (κ1) is 12.5. The average molecular weight is 266 g/mol. The number of aliphatic carboxylic acids is 1. The second-order valence-electron chi connectivity index (χ2n) is 3.76. The van der Waals surface area contributed by atoms with Gasteiger partial charge in [0.2, 0.25) is 0 Å². The molecule has 0 atom stereocenters. The van der Waals surface area contributed by atoms with Crippen LogP contribution in [0.5, 0.6) is 0 Å². The lowest BCUT2D eigenvalue weighted by molar-refractivity contribution is -0.136. The fourth-order valence-corrected chi connectivity index (χ4v) is 1.81. The van der Waals surface area contributed by atoms with E-state index in [1.807, 2.05) is 0 Å². The molecule has 0 amide bonds. The second kappa shape index (κ2) is 5.14. The maximum absolute atomic E-state index is 12.8. The Hall–Kier alpha value is -1.94. The van der Waals surface area contributed by atoms with Crippen LogP contribution in [0, 0.1) is 5.82 Å². The first-order valence-corrected chi connectivity index (χ1v) is 5.56. The van der Waals surface area contributed by atoms with Gasteiger partial charge in [-0.25, -0.2) is 9.37 Å². The van der Waals surface area contributed by atoms with E-state index in [2.05, 4.69) is 4.98 Å². The lowest BCUT2D eigenvalue weighted by Crippen LogP contribution is -2.01. The summed E-state index contributed by atoms with van der Waals surface area (Å²) in [4.78, 5) is 14.6. The number of hydrogen-bond acceptors (Lipinski definition) is 2. The molecule has 2 aromatic rings. The Labute approximate surface area is 108 Å². The standard InChI is InChI=1S/C13H9ClFNO2/c14-13-11(9-1-3-10(15)4-2-9)5-8(7-16-13)6-12(17)18/h1-5,7H,6H2,(H,17,18). The van der Waals surface area contributed by atoms with Crippen LogP contribution in [0.1, 0.15) is 5.56 Å². The van der Waals surface area contributed by atoms with Gasteiger partial charge in [0.05, 0.1) is 6.42 Å². The van der Waals surface area contributed by atoms with Crippen LogP contribution < -0.4 is 0 Å². The summed E-state index contributed by atoms with van der Waals surface area (Å²) in [5.41, 5.74) is 1.84. The van der Waals surface area contributed by atoms with Gasteiger partial charge in [-0.2, -0.15) is 0 Å². The molecule has 0 spiro atoms. The first-order valence-electron chi connectivity index (χ1n) is 5.18. The van der Waals surface area contributed by atoms with E-state index < -0.39 is 5.97 Å². The summed E-state index contributed by atoms with van der Waals surface area (Å²) < 4.78 is 12.8. The normalized spacial score (nSPS) is 10.3. The van der Waals surface area contributed by atoms with Gasteiger partial charge in [0, 0.05) is 11.8 Å². The molecule has 3 nitrogen and oxygen atoms in total. The number of nitrogens with zero attached hydrogens (tertiary/aromatic N) is 1. The highest BCUT2D eigenvalue weighted by Gasteiger charge is 2.08. The quantitative estimate of drug-likeness (QED) is 0.867. The molecule has 18 heavy (non-hydrogen) atoms. The number of aromatic nitrogens is 1. The number of rotatable bonds is 3. The van der Waals surface area contributed by atoms with E-state index in [4.69, 9.17) is 16.7 Å². The summed E-state index contributed by atoms with van der Waals surface area (Å²) in [5, 5.41) is 8.98. The summed E-state index contributed by atoms with van der Waals surface area (Å²) in [6.07, 6.45) is 1.29. The Morgan fingerprint density at radius 1 is 1.33 bits per heavy atom. The van der Waals surface area contributed by atoms with Crippen LogP contribution >= 0.6 is 11.6 Å². The number of halogens is 2. The zero-order valence-corrected chi connectivity index (χ0v) is 9.99. The number of benzene rings is 1. The van der Waals surface area contributed by atoms with Crippen molar-refractivity contribution in [3.63, 3.8) is 0 Å². The van der Waals surface area contributed by atoms with E-state index in [0.717, 1.165) is 0 Å². The van der Waals surface area contributed by atoms with Crippen molar-refractivity contribution in [1.29, 1.82) is 0 Å². The summed E-state index contributed by atoms with van der Waals surface area (Å²) in [7, 11) is 0. The van der Waals surface area contributed by atoms with Crippen molar-refractivity contribution in [2.45, 2.75) is 6.42 Å². The Kier molecular flexibility index (Phi) is 3.58. The molecule has 1 N–H and O–H groups in total. The monoisotopic (exact) mass is 265 g/mol. The van der Waals surface area contributed by atoms with Crippen LogP contribution in [0.4, 0.5) is 4.39 Å². The van der Waals surface area contributed by atoms with Crippen molar-refractivity contribution >= 4 is 17.6 Å². The molecule has 1 heterocycles. The lowest BCUT2D eigenvalue weighted by Gasteiger charge is -2.06. The number of carboxylic acid groups (broad SMARTS) is 1. The summed E-state index contributed by atoms with van der Waals surface area (Å²) in [6, 6.07) is 7.42. The van der Waals surface area contributed by atoms with Crippen LogP contribution in [0.2, 0.25) is 5.15 Å². The molecule has 0 bridgehead atoms. The Morgan fingerprint density at radius 2 is 2.00 bits per heavy atom. The Bertz CT molecular complexity index is 584. The highest BCUT2D eigenvalue weighted by atomic mass is 35.5. The van der Waals surface area contributed by atoms with Gasteiger partial charge >= 0.3 is 5.97 Å². The lowest BCUT2D eigenvalue weighted by atomic mass is 10.0. The van der Waals surface area contributed by atoms with Gasteiger partial charge in [-0.3, -0.25) is 4.79 Å². The molecule has 1 aromatic heterocycles. The van der Waals surface area contributed by atoms with E-state index in [9.17, 15) is 9.18 Å². The van der Waals surface area contributed by atoms with Gasteiger partial charge in [-0.05, 0) is 29.3 Å². The van der Waals surface area contributed by atoms with Gasteiger partial charge in [0.25, 0.3) is 0 Å². The third-order valence-electron chi connectivity index (χ3n) is 2.41. The number of pyridine rings is 1. The molecule has 1 aromatic carbocycles. The van der Waals surface area contributed by atoms with Crippen molar-refractivity contribution in [2.24, 2.45) is 0 Å². The van der Waals surface area contributed by atoms with Crippen LogP contribution in [0.25, 0.3) is 11.1 Å².